The molecular formula is C11H9Cl. The van der Waals surface area contributed by atoms with Crippen molar-refractivity contribution in [3.63, 3.8) is 0 Å². The van der Waals surface area contributed by atoms with E-state index in [1.807, 2.05) is 43.3 Å². The molecule has 1 aromatic carbocycles. The molecule has 12 heavy (non-hydrogen) atoms. The minimum absolute atomic E-state index is 0.758. The number of benzene rings is 1. The third-order valence-corrected chi connectivity index (χ3v) is 1.63. The summed E-state index contributed by atoms with van der Waals surface area (Å²) in [5.41, 5.74) is 1.11. The van der Waals surface area contributed by atoms with Crippen LogP contribution in [0, 0.1) is 11.8 Å². The lowest BCUT2D eigenvalue weighted by molar-refractivity contribution is 1.66. The number of halogens is 1. The van der Waals surface area contributed by atoms with Crippen LogP contribution in [-0.4, -0.2) is 0 Å². The molecule has 0 aromatic heterocycles. The predicted octanol–water partition coefficient (Wildman–Crippen LogP) is 3.38. The molecule has 0 spiro atoms. The first-order valence-electron chi connectivity index (χ1n) is 3.67. The summed E-state index contributed by atoms with van der Waals surface area (Å²) in [5, 5.41) is 0.758. The minimum atomic E-state index is 0.758. The first-order chi connectivity index (χ1) is 5.83. The van der Waals surface area contributed by atoms with E-state index in [0.29, 0.717) is 0 Å². The first-order valence-corrected chi connectivity index (χ1v) is 4.05. The summed E-state index contributed by atoms with van der Waals surface area (Å²) in [7, 11) is 0. The molecule has 0 unspecified atom stereocenters. The Balaban J connectivity index is 2.75. The van der Waals surface area contributed by atoms with Gasteiger partial charge in [0.15, 0.2) is 0 Å². The van der Waals surface area contributed by atoms with Crippen LogP contribution in [0.25, 0.3) is 6.08 Å². The highest BCUT2D eigenvalue weighted by Gasteiger charge is 1.85. The molecule has 0 aliphatic carbocycles. The summed E-state index contributed by atoms with van der Waals surface area (Å²) in [4.78, 5) is 0. The van der Waals surface area contributed by atoms with Crippen molar-refractivity contribution >= 4 is 17.7 Å². The highest BCUT2D eigenvalue weighted by atomic mass is 35.5. The molecule has 0 heterocycles. The van der Waals surface area contributed by atoms with Gasteiger partial charge < -0.3 is 0 Å². The van der Waals surface area contributed by atoms with E-state index in [1.54, 1.807) is 0 Å². The standard InChI is InChI=1S/C11H9Cl/c1-2-3-4-5-10-6-8-11(12)9-7-10/h4-9H,1H3/b5-4+. The summed E-state index contributed by atoms with van der Waals surface area (Å²) >= 11 is 5.72. The molecule has 0 radical (unpaired) electrons. The van der Waals surface area contributed by atoms with Gasteiger partial charge in [0.2, 0.25) is 0 Å². The fraction of sp³-hybridized carbons (Fsp3) is 0.0909. The van der Waals surface area contributed by atoms with E-state index in [9.17, 15) is 0 Å². The molecule has 0 amide bonds. The van der Waals surface area contributed by atoms with Crippen LogP contribution >= 0.6 is 11.6 Å². The van der Waals surface area contributed by atoms with E-state index in [1.165, 1.54) is 0 Å². The zero-order chi connectivity index (χ0) is 8.81. The van der Waals surface area contributed by atoms with Gasteiger partial charge in [-0.2, -0.15) is 0 Å². The third-order valence-electron chi connectivity index (χ3n) is 1.37. The van der Waals surface area contributed by atoms with Gasteiger partial charge in [0.05, 0.1) is 0 Å². The van der Waals surface area contributed by atoms with Crippen LogP contribution in [-0.2, 0) is 0 Å². The highest BCUT2D eigenvalue weighted by Crippen LogP contribution is 2.10. The quantitative estimate of drug-likeness (QED) is 0.576. The molecule has 0 bridgehead atoms. The van der Waals surface area contributed by atoms with Crippen LogP contribution in [0.3, 0.4) is 0 Å². The second kappa shape index (κ2) is 4.64. The molecule has 60 valence electrons. The highest BCUT2D eigenvalue weighted by molar-refractivity contribution is 6.30. The third kappa shape index (κ3) is 2.82. The maximum Gasteiger partial charge on any atom is 0.0406 e. The molecule has 0 nitrogen and oxygen atoms in total. The van der Waals surface area contributed by atoms with Crippen molar-refractivity contribution in [1.29, 1.82) is 0 Å². The van der Waals surface area contributed by atoms with Gasteiger partial charge in [-0.3, -0.25) is 0 Å². The normalized spacial score (nSPS) is 9.50. The van der Waals surface area contributed by atoms with Crippen molar-refractivity contribution in [2.45, 2.75) is 6.92 Å². The van der Waals surface area contributed by atoms with E-state index in [-0.39, 0.29) is 0 Å². The van der Waals surface area contributed by atoms with Crippen molar-refractivity contribution in [3.05, 3.63) is 40.9 Å². The van der Waals surface area contributed by atoms with Gasteiger partial charge in [-0.05, 0) is 36.8 Å². The van der Waals surface area contributed by atoms with E-state index in [0.717, 1.165) is 10.6 Å². The Hall–Kier alpha value is -1.19. The molecule has 0 aliphatic rings. The predicted molar refractivity (Wildman–Crippen MR) is 53.9 cm³/mol. The van der Waals surface area contributed by atoms with E-state index >= 15 is 0 Å². The number of allylic oxidation sites excluding steroid dienone is 1. The minimum Gasteiger partial charge on any atom is -0.102 e. The number of hydrogen-bond acceptors (Lipinski definition) is 0. The maximum atomic E-state index is 5.72. The van der Waals surface area contributed by atoms with E-state index in [4.69, 9.17) is 11.6 Å². The molecule has 1 rings (SSSR count). The summed E-state index contributed by atoms with van der Waals surface area (Å²) in [6, 6.07) is 7.63. The lowest BCUT2D eigenvalue weighted by Gasteiger charge is -1.90. The average molecular weight is 177 g/mol. The van der Waals surface area contributed by atoms with Crippen LogP contribution in [0.2, 0.25) is 5.02 Å². The summed E-state index contributed by atoms with van der Waals surface area (Å²) in [6.07, 6.45) is 3.77. The molecule has 0 aliphatic heterocycles. The van der Waals surface area contributed by atoms with Gasteiger partial charge in [-0.1, -0.05) is 29.7 Å². The zero-order valence-electron chi connectivity index (χ0n) is 6.84. The van der Waals surface area contributed by atoms with Crippen LogP contribution in [0.1, 0.15) is 12.5 Å². The van der Waals surface area contributed by atoms with E-state index in [2.05, 4.69) is 11.8 Å². The Labute approximate surface area is 77.9 Å². The Bertz CT molecular complexity index is 322. The lowest BCUT2D eigenvalue weighted by atomic mass is 10.2. The number of hydrogen-bond donors (Lipinski definition) is 0. The first kappa shape index (κ1) is 8.90. The molecule has 0 N–H and O–H groups in total. The summed E-state index contributed by atoms with van der Waals surface area (Å²) < 4.78 is 0. The average Bonchev–Trinajstić information content (AvgIpc) is 2.09. The van der Waals surface area contributed by atoms with Gasteiger partial charge in [-0.25, -0.2) is 0 Å². The smallest absolute Gasteiger partial charge is 0.0406 e. The fourth-order valence-corrected chi connectivity index (χ4v) is 0.921. The SMILES string of the molecule is CC#C/C=C/c1ccc(Cl)cc1. The second-order valence-electron chi connectivity index (χ2n) is 2.28. The van der Waals surface area contributed by atoms with Crippen LogP contribution in [0.15, 0.2) is 30.3 Å². The van der Waals surface area contributed by atoms with Crippen molar-refractivity contribution in [1.82, 2.24) is 0 Å². The summed E-state index contributed by atoms with van der Waals surface area (Å²) in [5.74, 6) is 5.63. The fourth-order valence-electron chi connectivity index (χ4n) is 0.795. The van der Waals surface area contributed by atoms with Crippen molar-refractivity contribution in [3.8, 4) is 11.8 Å². The molecule has 0 atom stereocenters. The van der Waals surface area contributed by atoms with Gasteiger partial charge in [0, 0.05) is 5.02 Å². The zero-order valence-corrected chi connectivity index (χ0v) is 7.60. The van der Waals surface area contributed by atoms with E-state index < -0.39 is 0 Å². The maximum absolute atomic E-state index is 5.72. The molecule has 0 saturated heterocycles. The van der Waals surface area contributed by atoms with Crippen LogP contribution in [0.4, 0.5) is 0 Å². The Kier molecular flexibility index (Phi) is 3.44. The Morgan fingerprint density at radius 2 is 1.92 bits per heavy atom. The topological polar surface area (TPSA) is 0 Å². The van der Waals surface area contributed by atoms with Crippen molar-refractivity contribution in [2.75, 3.05) is 0 Å². The summed E-state index contributed by atoms with van der Waals surface area (Å²) in [6.45, 7) is 1.81. The van der Waals surface area contributed by atoms with Crippen molar-refractivity contribution < 1.29 is 0 Å². The Morgan fingerprint density at radius 1 is 1.25 bits per heavy atom. The number of rotatable bonds is 1. The molecule has 0 saturated carbocycles. The molecule has 1 aromatic rings. The monoisotopic (exact) mass is 176 g/mol. The van der Waals surface area contributed by atoms with Gasteiger partial charge >= 0.3 is 0 Å². The van der Waals surface area contributed by atoms with Crippen LogP contribution in [0.5, 0.6) is 0 Å². The van der Waals surface area contributed by atoms with Crippen LogP contribution < -0.4 is 0 Å². The van der Waals surface area contributed by atoms with Gasteiger partial charge in [0.1, 0.15) is 0 Å². The molecule has 0 fully saturated rings. The Morgan fingerprint density at radius 3 is 2.50 bits per heavy atom. The second-order valence-corrected chi connectivity index (χ2v) is 2.72. The molecule has 1 heteroatoms. The van der Waals surface area contributed by atoms with Gasteiger partial charge in [0.25, 0.3) is 0 Å². The van der Waals surface area contributed by atoms with Gasteiger partial charge in [-0.15, -0.1) is 5.92 Å². The molecular weight excluding hydrogens is 168 g/mol. The lowest BCUT2D eigenvalue weighted by Crippen LogP contribution is -1.69. The van der Waals surface area contributed by atoms with Crippen molar-refractivity contribution in [2.24, 2.45) is 0 Å². The largest absolute Gasteiger partial charge is 0.102 e.